The van der Waals surface area contributed by atoms with Gasteiger partial charge in [0.2, 0.25) is 5.91 Å². The van der Waals surface area contributed by atoms with E-state index < -0.39 is 18.5 Å². The maximum absolute atomic E-state index is 13.4. The summed E-state index contributed by atoms with van der Waals surface area (Å²) >= 11 is 0. The Morgan fingerprint density at radius 3 is 2.59 bits per heavy atom. The van der Waals surface area contributed by atoms with Crippen molar-refractivity contribution in [3.8, 4) is 0 Å². The molecule has 1 aromatic rings. The van der Waals surface area contributed by atoms with Crippen LogP contribution < -0.4 is 5.32 Å². The number of carbonyl (C=O) groups excluding carboxylic acids is 3. The van der Waals surface area contributed by atoms with Crippen LogP contribution in [0.3, 0.4) is 0 Å². The summed E-state index contributed by atoms with van der Waals surface area (Å²) in [5.41, 5.74) is 0.419. The van der Waals surface area contributed by atoms with Gasteiger partial charge in [0.05, 0.1) is 6.54 Å². The average molecular weight is 310 g/mol. The molecular weight excluding hydrogens is 291 g/mol. The highest BCUT2D eigenvalue weighted by Gasteiger charge is 2.14. The Kier molecular flexibility index (Phi) is 7.01. The predicted octanol–water partition coefficient (Wildman–Crippen LogP) is 0.506. The van der Waals surface area contributed by atoms with Crippen molar-refractivity contribution in [2.75, 3.05) is 27.2 Å². The number of carbonyl (C=O) groups is 3. The Hall–Kier alpha value is -2.44. The van der Waals surface area contributed by atoms with E-state index in [4.69, 9.17) is 4.74 Å². The normalized spacial score (nSPS) is 9.95. The summed E-state index contributed by atoms with van der Waals surface area (Å²) in [5.74, 6) is -1.77. The van der Waals surface area contributed by atoms with Crippen LogP contribution in [-0.2, 0) is 25.5 Å². The summed E-state index contributed by atoms with van der Waals surface area (Å²) in [7, 11) is 2.90. The van der Waals surface area contributed by atoms with Gasteiger partial charge in [0, 0.05) is 20.5 Å². The van der Waals surface area contributed by atoms with Gasteiger partial charge in [0.15, 0.2) is 6.61 Å². The molecule has 2 amide bonds. The van der Waals surface area contributed by atoms with Crippen LogP contribution in [-0.4, -0.2) is 49.9 Å². The third-order valence-electron chi connectivity index (χ3n) is 3.00. The molecule has 0 radical (unpaired) electrons. The minimum Gasteiger partial charge on any atom is -0.456 e. The zero-order chi connectivity index (χ0) is 16.5. The maximum atomic E-state index is 13.4. The van der Waals surface area contributed by atoms with Crippen molar-refractivity contribution in [3.05, 3.63) is 35.6 Å². The third-order valence-corrected chi connectivity index (χ3v) is 3.00. The first-order chi connectivity index (χ1) is 10.4. The van der Waals surface area contributed by atoms with E-state index in [2.05, 4.69) is 5.32 Å². The molecule has 1 aromatic carbocycles. The summed E-state index contributed by atoms with van der Waals surface area (Å²) in [6, 6.07) is 6.15. The highest BCUT2D eigenvalue weighted by Crippen LogP contribution is 2.09. The van der Waals surface area contributed by atoms with Gasteiger partial charge in [-0.15, -0.1) is 0 Å². The van der Waals surface area contributed by atoms with E-state index in [9.17, 15) is 18.8 Å². The molecule has 1 N–H and O–H groups in total. The van der Waals surface area contributed by atoms with Gasteiger partial charge in [0.1, 0.15) is 5.82 Å². The second-order valence-corrected chi connectivity index (χ2v) is 4.68. The quantitative estimate of drug-likeness (QED) is 0.744. The first kappa shape index (κ1) is 17.6. The highest BCUT2D eigenvalue weighted by atomic mass is 19.1. The summed E-state index contributed by atoms with van der Waals surface area (Å²) in [6.45, 7) is -0.550. The molecule has 0 fully saturated rings. The smallest absolute Gasteiger partial charge is 0.306 e. The Bertz CT molecular complexity index is 548. The molecule has 0 aromatic heterocycles. The van der Waals surface area contributed by atoms with Gasteiger partial charge in [0.25, 0.3) is 5.91 Å². The van der Waals surface area contributed by atoms with Crippen LogP contribution in [0.25, 0.3) is 0 Å². The van der Waals surface area contributed by atoms with Crippen LogP contribution in [0.15, 0.2) is 24.3 Å². The highest BCUT2D eigenvalue weighted by molar-refractivity contribution is 5.86. The number of ether oxygens (including phenoxy) is 1. The van der Waals surface area contributed by atoms with Gasteiger partial charge in [-0.05, 0) is 18.1 Å². The van der Waals surface area contributed by atoms with Crippen LogP contribution in [0.2, 0.25) is 0 Å². The minimum absolute atomic E-state index is 0.0205. The average Bonchev–Trinajstić information content (AvgIpc) is 2.51. The van der Waals surface area contributed by atoms with E-state index in [0.29, 0.717) is 5.56 Å². The van der Waals surface area contributed by atoms with E-state index in [-0.39, 0.29) is 31.1 Å². The largest absolute Gasteiger partial charge is 0.456 e. The van der Waals surface area contributed by atoms with E-state index in [1.807, 2.05) is 0 Å². The number of likely N-dealkylation sites (N-methyl/N-ethyl adjacent to an activating group) is 2. The molecule has 0 unspecified atom stereocenters. The van der Waals surface area contributed by atoms with Crippen molar-refractivity contribution < 1.29 is 23.5 Å². The van der Waals surface area contributed by atoms with Gasteiger partial charge >= 0.3 is 5.97 Å². The van der Waals surface area contributed by atoms with Gasteiger partial charge in [-0.1, -0.05) is 18.2 Å². The van der Waals surface area contributed by atoms with E-state index in [0.717, 1.165) is 4.90 Å². The SMILES string of the molecule is CNC(=O)CN(C)C(=O)COC(=O)CCc1ccccc1F. The lowest BCUT2D eigenvalue weighted by atomic mass is 10.1. The zero-order valence-corrected chi connectivity index (χ0v) is 12.6. The standard InChI is InChI=1S/C15H19FN2O4/c1-17-13(19)9-18(2)14(20)10-22-15(21)8-7-11-5-3-4-6-12(11)16/h3-6H,7-10H2,1-2H3,(H,17,19). The predicted molar refractivity (Wildman–Crippen MR) is 77.4 cm³/mol. The number of aryl methyl sites for hydroxylation is 1. The molecule has 0 aliphatic heterocycles. The fourth-order valence-electron chi connectivity index (χ4n) is 1.65. The van der Waals surface area contributed by atoms with Crippen LogP contribution in [0.4, 0.5) is 4.39 Å². The molecule has 0 saturated heterocycles. The first-order valence-corrected chi connectivity index (χ1v) is 6.77. The van der Waals surface area contributed by atoms with E-state index in [1.54, 1.807) is 18.2 Å². The summed E-state index contributed by atoms with van der Waals surface area (Å²) in [6.07, 6.45) is 0.182. The summed E-state index contributed by atoms with van der Waals surface area (Å²) in [5, 5.41) is 2.38. The van der Waals surface area contributed by atoms with Crippen LogP contribution >= 0.6 is 0 Å². The van der Waals surface area contributed by atoms with Crippen LogP contribution in [0.1, 0.15) is 12.0 Å². The Morgan fingerprint density at radius 2 is 1.95 bits per heavy atom. The number of esters is 1. The Balaban J connectivity index is 2.32. The number of halogens is 1. The van der Waals surface area contributed by atoms with Gasteiger partial charge in [-0.25, -0.2) is 4.39 Å². The van der Waals surface area contributed by atoms with Crippen LogP contribution in [0, 0.1) is 5.82 Å². The molecule has 0 spiro atoms. The van der Waals surface area contributed by atoms with Crippen molar-refractivity contribution in [2.45, 2.75) is 12.8 Å². The monoisotopic (exact) mass is 310 g/mol. The fourth-order valence-corrected chi connectivity index (χ4v) is 1.65. The molecule has 0 bridgehead atoms. The number of nitrogens with one attached hydrogen (secondary N) is 1. The van der Waals surface area contributed by atoms with Crippen LogP contribution in [0.5, 0.6) is 0 Å². The molecule has 22 heavy (non-hydrogen) atoms. The first-order valence-electron chi connectivity index (χ1n) is 6.77. The third kappa shape index (κ3) is 5.90. The minimum atomic E-state index is -0.593. The van der Waals surface area contributed by atoms with Gasteiger partial charge in [-0.3, -0.25) is 14.4 Å². The van der Waals surface area contributed by atoms with Crippen molar-refractivity contribution >= 4 is 17.8 Å². The van der Waals surface area contributed by atoms with Gasteiger partial charge < -0.3 is 15.0 Å². The number of amides is 2. The Morgan fingerprint density at radius 1 is 1.27 bits per heavy atom. The number of hydrogen-bond acceptors (Lipinski definition) is 4. The van der Waals surface area contributed by atoms with Crippen molar-refractivity contribution in [1.29, 1.82) is 0 Å². The maximum Gasteiger partial charge on any atom is 0.306 e. The molecular formula is C15H19FN2O4. The van der Waals surface area contributed by atoms with Crippen molar-refractivity contribution in [3.63, 3.8) is 0 Å². The molecule has 0 aliphatic rings. The second kappa shape index (κ2) is 8.76. The molecule has 0 saturated carbocycles. The van der Waals surface area contributed by atoms with Crippen molar-refractivity contribution in [2.24, 2.45) is 0 Å². The van der Waals surface area contributed by atoms with Crippen molar-refractivity contribution in [1.82, 2.24) is 10.2 Å². The zero-order valence-electron chi connectivity index (χ0n) is 12.6. The molecule has 0 atom stereocenters. The topological polar surface area (TPSA) is 75.7 Å². The molecule has 1 rings (SSSR count). The summed E-state index contributed by atoms with van der Waals surface area (Å²) in [4.78, 5) is 35.4. The number of nitrogens with zero attached hydrogens (tertiary/aromatic N) is 1. The molecule has 6 nitrogen and oxygen atoms in total. The lowest BCUT2D eigenvalue weighted by Crippen LogP contribution is -2.39. The number of benzene rings is 1. The molecule has 7 heteroatoms. The lowest BCUT2D eigenvalue weighted by Gasteiger charge is -2.15. The summed E-state index contributed by atoms with van der Waals surface area (Å²) < 4.78 is 18.2. The number of rotatable bonds is 7. The van der Waals surface area contributed by atoms with Gasteiger partial charge in [-0.2, -0.15) is 0 Å². The molecule has 0 heterocycles. The molecule has 120 valence electrons. The molecule has 0 aliphatic carbocycles. The van der Waals surface area contributed by atoms with E-state index in [1.165, 1.54) is 20.2 Å². The Labute approximate surface area is 128 Å². The number of hydrogen-bond donors (Lipinski definition) is 1. The van der Waals surface area contributed by atoms with E-state index >= 15 is 0 Å². The lowest BCUT2D eigenvalue weighted by molar-refractivity contribution is -0.151. The fraction of sp³-hybridized carbons (Fsp3) is 0.400. The second-order valence-electron chi connectivity index (χ2n) is 4.68.